The van der Waals surface area contributed by atoms with Gasteiger partial charge in [0.15, 0.2) is 17.5 Å². The number of aromatic nitrogens is 5. The van der Waals surface area contributed by atoms with Crippen molar-refractivity contribution in [3.63, 3.8) is 0 Å². The summed E-state index contributed by atoms with van der Waals surface area (Å²) in [7, 11) is 0. The molecule has 0 spiro atoms. The van der Waals surface area contributed by atoms with Crippen LogP contribution in [0.5, 0.6) is 0 Å². The fraction of sp³-hybridized carbons (Fsp3) is 0. The summed E-state index contributed by atoms with van der Waals surface area (Å²) < 4.78 is 4.71. The lowest BCUT2D eigenvalue weighted by Crippen LogP contribution is -2.00. The van der Waals surface area contributed by atoms with Crippen LogP contribution in [-0.4, -0.2) is 24.1 Å². The molecule has 0 saturated heterocycles. The standard InChI is InChI=1S/C47H31N5/c1-5-16-32(17-6-1)45-48-46(33-18-7-2-8-19-33)50-47(49-45)35-21-15-20-34(30-35)40-31-42-39(28-29-51(42)36-22-9-3-10-23-36)44-43(40)38-26-13-14-27-41(38)52(44)37-24-11-4-12-25-37/h1-31H. The highest BCUT2D eigenvalue weighted by Crippen LogP contribution is 2.44. The predicted molar refractivity (Wildman–Crippen MR) is 213 cm³/mol. The summed E-state index contributed by atoms with van der Waals surface area (Å²) in [5.74, 6) is 1.92. The molecule has 0 atom stereocenters. The second kappa shape index (κ2) is 12.3. The Kier molecular flexibility index (Phi) is 7.07. The topological polar surface area (TPSA) is 48.5 Å². The Hall–Kier alpha value is -7.11. The zero-order chi connectivity index (χ0) is 34.4. The first kappa shape index (κ1) is 29.8. The van der Waals surface area contributed by atoms with Gasteiger partial charge in [0, 0.05) is 50.4 Å². The minimum Gasteiger partial charge on any atom is -0.316 e. The number of nitrogens with zero attached hydrogens (tertiary/aromatic N) is 5. The van der Waals surface area contributed by atoms with Gasteiger partial charge in [-0.1, -0.05) is 133 Å². The molecule has 0 radical (unpaired) electrons. The summed E-state index contributed by atoms with van der Waals surface area (Å²) in [4.78, 5) is 15.0. The largest absolute Gasteiger partial charge is 0.316 e. The van der Waals surface area contributed by atoms with Crippen LogP contribution in [0.2, 0.25) is 0 Å². The summed E-state index contributed by atoms with van der Waals surface area (Å²) in [5.41, 5.74) is 10.8. The molecular formula is C47H31N5. The van der Waals surface area contributed by atoms with Crippen LogP contribution < -0.4 is 0 Å². The van der Waals surface area contributed by atoms with Crippen molar-refractivity contribution in [1.82, 2.24) is 24.1 Å². The molecule has 10 aromatic rings. The first-order valence-corrected chi connectivity index (χ1v) is 17.5. The molecule has 0 fully saturated rings. The van der Waals surface area contributed by atoms with Crippen molar-refractivity contribution in [2.24, 2.45) is 0 Å². The van der Waals surface area contributed by atoms with Crippen LogP contribution in [-0.2, 0) is 0 Å². The Morgan fingerprint density at radius 1 is 0.365 bits per heavy atom. The first-order chi connectivity index (χ1) is 25.8. The first-order valence-electron chi connectivity index (χ1n) is 17.5. The third-order valence-corrected chi connectivity index (χ3v) is 9.79. The van der Waals surface area contributed by atoms with Crippen LogP contribution in [0, 0.1) is 0 Å². The molecule has 5 heteroatoms. The molecule has 3 aromatic heterocycles. The lowest BCUT2D eigenvalue weighted by Gasteiger charge is -2.13. The van der Waals surface area contributed by atoms with E-state index >= 15 is 0 Å². The van der Waals surface area contributed by atoms with Gasteiger partial charge >= 0.3 is 0 Å². The molecule has 7 aromatic carbocycles. The molecule has 0 amide bonds. The highest BCUT2D eigenvalue weighted by atomic mass is 15.0. The van der Waals surface area contributed by atoms with Crippen molar-refractivity contribution in [1.29, 1.82) is 0 Å². The number of benzene rings is 7. The highest BCUT2D eigenvalue weighted by molar-refractivity contribution is 6.24. The Bertz CT molecular complexity index is 2820. The molecule has 0 aliphatic rings. The van der Waals surface area contributed by atoms with Crippen LogP contribution >= 0.6 is 0 Å². The average molecular weight is 666 g/mol. The lowest BCUT2D eigenvalue weighted by molar-refractivity contribution is 1.07. The van der Waals surface area contributed by atoms with Gasteiger partial charge in [0.1, 0.15) is 0 Å². The third-order valence-electron chi connectivity index (χ3n) is 9.79. The maximum atomic E-state index is 5.06. The molecule has 5 nitrogen and oxygen atoms in total. The Balaban J connectivity index is 1.26. The minimum absolute atomic E-state index is 0.631. The van der Waals surface area contributed by atoms with Gasteiger partial charge in [-0.25, -0.2) is 15.0 Å². The average Bonchev–Trinajstić information content (AvgIpc) is 3.81. The van der Waals surface area contributed by atoms with Gasteiger partial charge in [0.25, 0.3) is 0 Å². The number of hydrogen-bond acceptors (Lipinski definition) is 3. The summed E-state index contributed by atoms with van der Waals surface area (Å²) >= 11 is 0. The monoisotopic (exact) mass is 665 g/mol. The maximum Gasteiger partial charge on any atom is 0.164 e. The summed E-state index contributed by atoms with van der Waals surface area (Å²) in [6, 6.07) is 63.4. The zero-order valence-corrected chi connectivity index (χ0v) is 28.1. The van der Waals surface area contributed by atoms with Gasteiger partial charge in [0.2, 0.25) is 0 Å². The van der Waals surface area contributed by atoms with Crippen LogP contribution in [0.1, 0.15) is 0 Å². The van der Waals surface area contributed by atoms with E-state index in [0.717, 1.165) is 44.7 Å². The van der Waals surface area contributed by atoms with E-state index in [-0.39, 0.29) is 0 Å². The Morgan fingerprint density at radius 3 is 1.54 bits per heavy atom. The highest BCUT2D eigenvalue weighted by Gasteiger charge is 2.22. The van der Waals surface area contributed by atoms with E-state index in [1.807, 2.05) is 60.7 Å². The molecular weight excluding hydrogens is 635 g/mol. The fourth-order valence-electron chi connectivity index (χ4n) is 7.42. The van der Waals surface area contributed by atoms with Gasteiger partial charge in [-0.2, -0.15) is 0 Å². The van der Waals surface area contributed by atoms with E-state index in [1.54, 1.807) is 0 Å². The predicted octanol–water partition coefficient (Wildman–Crippen LogP) is 11.6. The van der Waals surface area contributed by atoms with E-state index in [4.69, 9.17) is 15.0 Å². The van der Waals surface area contributed by atoms with E-state index in [2.05, 4.69) is 137 Å². The van der Waals surface area contributed by atoms with Crippen molar-refractivity contribution < 1.29 is 0 Å². The fourth-order valence-corrected chi connectivity index (χ4v) is 7.42. The second-order valence-corrected chi connectivity index (χ2v) is 12.9. The van der Waals surface area contributed by atoms with Crippen molar-refractivity contribution in [3.05, 3.63) is 188 Å². The van der Waals surface area contributed by atoms with Crippen molar-refractivity contribution in [3.8, 4) is 56.7 Å². The quantitative estimate of drug-likeness (QED) is 0.178. The van der Waals surface area contributed by atoms with Crippen LogP contribution in [0.25, 0.3) is 89.4 Å². The van der Waals surface area contributed by atoms with Gasteiger partial charge in [-0.3, -0.25) is 0 Å². The molecule has 244 valence electrons. The van der Waals surface area contributed by atoms with Crippen LogP contribution in [0.3, 0.4) is 0 Å². The minimum atomic E-state index is 0.631. The smallest absolute Gasteiger partial charge is 0.164 e. The number of hydrogen-bond donors (Lipinski definition) is 0. The molecule has 52 heavy (non-hydrogen) atoms. The summed E-state index contributed by atoms with van der Waals surface area (Å²) in [5, 5.41) is 3.60. The molecule has 0 aliphatic carbocycles. The van der Waals surface area contributed by atoms with Crippen molar-refractivity contribution >= 4 is 32.7 Å². The molecule has 0 bridgehead atoms. The Morgan fingerprint density at radius 2 is 0.885 bits per heavy atom. The van der Waals surface area contributed by atoms with Gasteiger partial charge in [-0.15, -0.1) is 0 Å². The molecule has 0 aliphatic heterocycles. The SMILES string of the molecule is c1ccc(-c2nc(-c3ccccc3)nc(-c3cccc(-c4cc5c(ccn5-c5ccccc5)c5c4c4ccccc4n5-c4ccccc4)c3)n2)cc1. The Labute approximate surface area is 300 Å². The normalized spacial score (nSPS) is 11.5. The van der Waals surface area contributed by atoms with Crippen molar-refractivity contribution in [2.75, 3.05) is 0 Å². The molecule has 0 unspecified atom stereocenters. The zero-order valence-electron chi connectivity index (χ0n) is 28.1. The van der Waals surface area contributed by atoms with Crippen LogP contribution in [0.4, 0.5) is 0 Å². The van der Waals surface area contributed by atoms with Crippen molar-refractivity contribution in [2.45, 2.75) is 0 Å². The van der Waals surface area contributed by atoms with E-state index in [1.165, 1.54) is 27.2 Å². The summed E-state index contributed by atoms with van der Waals surface area (Å²) in [6.07, 6.45) is 2.19. The molecule has 3 heterocycles. The van der Waals surface area contributed by atoms with Gasteiger partial charge < -0.3 is 9.13 Å². The molecule has 0 N–H and O–H groups in total. The van der Waals surface area contributed by atoms with E-state index in [9.17, 15) is 0 Å². The number of para-hydroxylation sites is 3. The lowest BCUT2D eigenvalue weighted by atomic mass is 9.96. The number of fused-ring (bicyclic) bond motifs is 5. The number of rotatable bonds is 6. The van der Waals surface area contributed by atoms with Crippen LogP contribution in [0.15, 0.2) is 188 Å². The third kappa shape index (κ3) is 4.98. The molecule has 0 saturated carbocycles. The second-order valence-electron chi connectivity index (χ2n) is 12.9. The van der Waals surface area contributed by atoms with Gasteiger partial charge in [-0.05, 0) is 59.7 Å². The maximum absolute atomic E-state index is 5.06. The summed E-state index contributed by atoms with van der Waals surface area (Å²) in [6.45, 7) is 0. The van der Waals surface area contributed by atoms with E-state index in [0.29, 0.717) is 17.5 Å². The molecule has 10 rings (SSSR count). The van der Waals surface area contributed by atoms with Gasteiger partial charge in [0.05, 0.1) is 16.6 Å². The van der Waals surface area contributed by atoms with E-state index < -0.39 is 0 Å².